The highest BCUT2D eigenvalue weighted by Gasteiger charge is 2.19. The number of nitrogens with zero attached hydrogens (tertiary/aromatic N) is 4. The van der Waals surface area contributed by atoms with Crippen LogP contribution < -0.4 is 5.49 Å². The van der Waals surface area contributed by atoms with Gasteiger partial charge in [-0.1, -0.05) is 121 Å². The standard InChI is InChI=1S/C51H34N6/c52-50(55-51-49(33-15-3-1-4-16-33)53-42-22-10-11-23-43(42)54-51)39-21-9-14-26-46(39)57-45-25-13-8-20-38(45)41-32-35(28-30-48(41)57)34-27-29-47-40(31-34)37-19-7-12-24-44(37)56(47)36-17-5-2-6-18-36/h1-32H,(H2,52,54,55). The molecule has 3 heterocycles. The summed E-state index contributed by atoms with van der Waals surface area (Å²) in [6, 6.07) is 67.3. The Hall–Kier alpha value is -7.83. The van der Waals surface area contributed by atoms with Crippen molar-refractivity contribution in [3.8, 4) is 33.8 Å². The Kier molecular flexibility index (Phi) is 7.54. The fraction of sp³-hybridized carbons (Fsp3) is 0. The minimum atomic E-state index is 0.140. The normalized spacial score (nSPS) is 12.0. The van der Waals surface area contributed by atoms with Gasteiger partial charge < -0.3 is 14.1 Å². The number of aromatic nitrogens is 4. The molecule has 11 aromatic rings. The van der Waals surface area contributed by atoms with Crippen molar-refractivity contribution >= 4 is 60.5 Å². The molecule has 6 heteroatoms. The molecule has 0 radical (unpaired) electrons. The summed E-state index contributed by atoms with van der Waals surface area (Å²) < 4.78 is 4.62. The average Bonchev–Trinajstić information content (AvgIpc) is 3.79. The third-order valence-corrected chi connectivity index (χ3v) is 11.0. The Morgan fingerprint density at radius 3 is 1.74 bits per heavy atom. The van der Waals surface area contributed by atoms with Crippen LogP contribution in [-0.4, -0.2) is 24.9 Å². The van der Waals surface area contributed by atoms with Crippen molar-refractivity contribution in [1.29, 1.82) is 5.41 Å². The molecule has 268 valence electrons. The molecular formula is C51H34N6. The van der Waals surface area contributed by atoms with E-state index in [0.29, 0.717) is 16.7 Å². The summed E-state index contributed by atoms with van der Waals surface area (Å²) in [5.41, 5.74) is 13.4. The van der Waals surface area contributed by atoms with Gasteiger partial charge in [-0.2, -0.15) is 0 Å². The lowest BCUT2D eigenvalue weighted by Gasteiger charge is -2.13. The maximum Gasteiger partial charge on any atom is 0.159 e. The van der Waals surface area contributed by atoms with Crippen LogP contribution in [0.25, 0.3) is 88.4 Å². The first-order valence-corrected chi connectivity index (χ1v) is 19.1. The number of aromatic amines is 1. The molecule has 0 atom stereocenters. The average molecular weight is 731 g/mol. The largest absolute Gasteiger partial charge is 0.337 e. The Morgan fingerprint density at radius 2 is 1.02 bits per heavy atom. The number of para-hydroxylation sites is 6. The Labute approximate surface area is 327 Å². The van der Waals surface area contributed by atoms with Crippen molar-refractivity contribution in [3.63, 3.8) is 0 Å². The van der Waals surface area contributed by atoms with Crippen molar-refractivity contribution in [2.45, 2.75) is 0 Å². The van der Waals surface area contributed by atoms with Crippen LogP contribution in [0.1, 0.15) is 5.56 Å². The molecule has 6 nitrogen and oxygen atoms in total. The first-order valence-electron chi connectivity index (χ1n) is 19.1. The molecule has 2 N–H and O–H groups in total. The number of amidine groups is 1. The van der Waals surface area contributed by atoms with E-state index >= 15 is 0 Å². The van der Waals surface area contributed by atoms with Gasteiger partial charge in [0.05, 0.1) is 38.8 Å². The van der Waals surface area contributed by atoms with Gasteiger partial charge in [0, 0.05) is 38.4 Å². The molecule has 0 aliphatic carbocycles. The molecule has 0 spiro atoms. The van der Waals surface area contributed by atoms with E-state index in [0.717, 1.165) is 60.9 Å². The monoisotopic (exact) mass is 730 g/mol. The summed E-state index contributed by atoms with van der Waals surface area (Å²) in [6.07, 6.45) is 0. The zero-order chi connectivity index (χ0) is 37.9. The van der Waals surface area contributed by atoms with Gasteiger partial charge in [0.15, 0.2) is 11.3 Å². The highest BCUT2D eigenvalue weighted by Crippen LogP contribution is 2.38. The number of hydrogen-bond acceptors (Lipinski definition) is 2. The maximum absolute atomic E-state index is 9.49. The topological polar surface area (TPSA) is 74.8 Å². The van der Waals surface area contributed by atoms with Gasteiger partial charge in [0.2, 0.25) is 0 Å². The third kappa shape index (κ3) is 5.38. The lowest BCUT2D eigenvalue weighted by atomic mass is 10.0. The van der Waals surface area contributed by atoms with Crippen LogP contribution in [0.3, 0.4) is 0 Å². The zero-order valence-corrected chi connectivity index (χ0v) is 30.8. The summed E-state index contributed by atoms with van der Waals surface area (Å²) in [4.78, 5) is 13.4. The minimum Gasteiger partial charge on any atom is -0.337 e. The van der Waals surface area contributed by atoms with Crippen LogP contribution in [0.15, 0.2) is 199 Å². The van der Waals surface area contributed by atoms with E-state index in [1.165, 1.54) is 21.8 Å². The van der Waals surface area contributed by atoms with Gasteiger partial charge >= 0.3 is 0 Å². The molecule has 0 bridgehead atoms. The molecule has 0 fully saturated rings. The van der Waals surface area contributed by atoms with E-state index in [-0.39, 0.29) is 5.84 Å². The summed E-state index contributed by atoms with van der Waals surface area (Å²) in [7, 11) is 0. The van der Waals surface area contributed by atoms with E-state index in [2.05, 4.69) is 135 Å². The first kappa shape index (κ1) is 32.6. The van der Waals surface area contributed by atoms with E-state index in [9.17, 15) is 5.41 Å². The molecule has 0 aliphatic heterocycles. The van der Waals surface area contributed by atoms with Crippen LogP contribution in [0.5, 0.6) is 0 Å². The summed E-state index contributed by atoms with van der Waals surface area (Å²) in [5.74, 6) is 0.140. The molecule has 0 saturated carbocycles. The SMILES string of the molecule is N=C(N=c1[nH]c2ccccc2nc1-c1ccccc1)c1ccccc1-n1c2ccccc2c2cc(-c3ccc4c(c3)c3ccccc3n4-c3ccccc3)ccc21. The Balaban J connectivity index is 1.06. The van der Waals surface area contributed by atoms with Crippen LogP contribution in [0.4, 0.5) is 0 Å². The number of rotatable bonds is 5. The second-order valence-corrected chi connectivity index (χ2v) is 14.3. The zero-order valence-electron chi connectivity index (χ0n) is 30.8. The van der Waals surface area contributed by atoms with E-state index in [1.807, 2.05) is 72.8 Å². The van der Waals surface area contributed by atoms with Gasteiger partial charge in [0.1, 0.15) is 5.69 Å². The van der Waals surface area contributed by atoms with Gasteiger partial charge in [-0.05, 0) is 83.9 Å². The highest BCUT2D eigenvalue weighted by atomic mass is 15.0. The predicted octanol–water partition coefficient (Wildman–Crippen LogP) is 12.0. The number of H-pyrrole nitrogens is 1. The Bertz CT molecular complexity index is 3420. The van der Waals surface area contributed by atoms with Gasteiger partial charge in [-0.3, -0.25) is 5.41 Å². The van der Waals surface area contributed by atoms with Crippen molar-refractivity contribution in [1.82, 2.24) is 19.1 Å². The lowest BCUT2D eigenvalue weighted by Crippen LogP contribution is -2.17. The van der Waals surface area contributed by atoms with Crippen LogP contribution in [0.2, 0.25) is 0 Å². The van der Waals surface area contributed by atoms with Gasteiger partial charge in [0.25, 0.3) is 0 Å². The van der Waals surface area contributed by atoms with E-state index in [4.69, 9.17) is 9.98 Å². The minimum absolute atomic E-state index is 0.140. The smallest absolute Gasteiger partial charge is 0.159 e. The first-order chi connectivity index (χ1) is 28.2. The third-order valence-electron chi connectivity index (χ3n) is 11.0. The van der Waals surface area contributed by atoms with Crippen molar-refractivity contribution < 1.29 is 0 Å². The molecule has 11 rings (SSSR count). The predicted molar refractivity (Wildman–Crippen MR) is 234 cm³/mol. The number of hydrogen-bond donors (Lipinski definition) is 2. The fourth-order valence-electron chi connectivity index (χ4n) is 8.38. The number of benzene rings is 8. The van der Waals surface area contributed by atoms with Crippen LogP contribution >= 0.6 is 0 Å². The van der Waals surface area contributed by atoms with Crippen molar-refractivity contribution in [3.05, 3.63) is 205 Å². The molecule has 3 aromatic heterocycles. The van der Waals surface area contributed by atoms with Gasteiger partial charge in [-0.15, -0.1) is 0 Å². The highest BCUT2D eigenvalue weighted by molar-refractivity contribution is 6.13. The summed E-state index contributed by atoms with van der Waals surface area (Å²) in [5, 5.41) is 14.2. The molecular weight excluding hydrogens is 697 g/mol. The van der Waals surface area contributed by atoms with Crippen molar-refractivity contribution in [2.75, 3.05) is 0 Å². The molecule has 0 saturated heterocycles. The molecule has 57 heavy (non-hydrogen) atoms. The van der Waals surface area contributed by atoms with E-state index < -0.39 is 0 Å². The van der Waals surface area contributed by atoms with Crippen LogP contribution in [-0.2, 0) is 0 Å². The van der Waals surface area contributed by atoms with Crippen LogP contribution in [0, 0.1) is 5.41 Å². The molecule has 0 aliphatic rings. The summed E-state index contributed by atoms with van der Waals surface area (Å²) >= 11 is 0. The fourth-order valence-corrected chi connectivity index (χ4v) is 8.38. The maximum atomic E-state index is 9.49. The Morgan fingerprint density at radius 1 is 0.474 bits per heavy atom. The second kappa shape index (κ2) is 13.2. The second-order valence-electron chi connectivity index (χ2n) is 14.3. The number of fused-ring (bicyclic) bond motifs is 7. The van der Waals surface area contributed by atoms with Crippen molar-refractivity contribution in [2.24, 2.45) is 4.99 Å². The molecule has 0 unspecified atom stereocenters. The molecule has 8 aromatic carbocycles. The van der Waals surface area contributed by atoms with E-state index in [1.54, 1.807) is 0 Å². The summed E-state index contributed by atoms with van der Waals surface area (Å²) in [6.45, 7) is 0. The quantitative estimate of drug-likeness (QED) is 0.134. The lowest BCUT2D eigenvalue weighted by molar-refractivity contribution is 1.13. The number of nitrogens with one attached hydrogen (secondary N) is 2. The molecule has 0 amide bonds. The van der Waals surface area contributed by atoms with Gasteiger partial charge in [-0.25, -0.2) is 9.98 Å².